The monoisotopic (exact) mass is 206 g/mol. The fraction of sp³-hybridized carbons (Fsp3) is 0.250. The number of hydrogen-bond donors (Lipinski definition) is 0. The van der Waals surface area contributed by atoms with Crippen LogP contribution in [0.4, 0.5) is 0 Å². The van der Waals surface area contributed by atoms with Crippen molar-refractivity contribution in [2.45, 2.75) is 19.3 Å². The van der Waals surface area contributed by atoms with Crippen LogP contribution in [-0.2, 0) is 6.42 Å². The Labute approximate surface area is 95.6 Å². The van der Waals surface area contributed by atoms with E-state index < -0.39 is 0 Å². The molecule has 0 atom stereocenters. The summed E-state index contributed by atoms with van der Waals surface area (Å²) in [5.41, 5.74) is 4.61. The summed E-state index contributed by atoms with van der Waals surface area (Å²) in [4.78, 5) is 0. The molecule has 0 N–H and O–H groups in total. The van der Waals surface area contributed by atoms with Gasteiger partial charge in [0, 0.05) is 0 Å². The van der Waals surface area contributed by atoms with Crippen LogP contribution in [0.2, 0.25) is 0 Å². The topological polar surface area (TPSA) is 0 Å². The molecular weight excluding hydrogens is 192 g/mol. The highest BCUT2D eigenvalue weighted by atomic mass is 14.3. The number of hydrogen-bond acceptors (Lipinski definition) is 0. The van der Waals surface area contributed by atoms with E-state index in [0.717, 1.165) is 12.3 Å². The van der Waals surface area contributed by atoms with Crippen LogP contribution in [0.25, 0.3) is 16.3 Å². The van der Waals surface area contributed by atoms with E-state index in [1.54, 1.807) is 5.57 Å². The first kappa shape index (κ1) is 8.58. The van der Waals surface area contributed by atoms with Crippen LogP contribution >= 0.6 is 0 Å². The summed E-state index contributed by atoms with van der Waals surface area (Å²) in [6.07, 6.45) is 6.36. The Morgan fingerprint density at radius 2 is 1.75 bits per heavy atom. The molecule has 16 heavy (non-hydrogen) atoms. The summed E-state index contributed by atoms with van der Waals surface area (Å²) in [5, 5.41) is 2.91. The molecule has 0 unspecified atom stereocenters. The predicted molar refractivity (Wildman–Crippen MR) is 68.4 cm³/mol. The molecule has 4 rings (SSSR count). The van der Waals surface area contributed by atoms with Crippen molar-refractivity contribution in [3.63, 3.8) is 0 Å². The molecular formula is C16H14. The SMILES string of the molecule is C1=C(C2CC2)c2cccc3cccc(c23)C1. The molecule has 0 nitrogen and oxygen atoms in total. The molecule has 0 heterocycles. The molecule has 0 radical (unpaired) electrons. The third kappa shape index (κ3) is 1.10. The molecule has 0 aliphatic heterocycles. The quantitative estimate of drug-likeness (QED) is 0.656. The van der Waals surface area contributed by atoms with Gasteiger partial charge in [-0.1, -0.05) is 42.5 Å². The van der Waals surface area contributed by atoms with Gasteiger partial charge < -0.3 is 0 Å². The lowest BCUT2D eigenvalue weighted by Crippen LogP contribution is -1.99. The van der Waals surface area contributed by atoms with E-state index in [4.69, 9.17) is 0 Å². The molecule has 0 amide bonds. The molecule has 1 fully saturated rings. The van der Waals surface area contributed by atoms with Crippen LogP contribution in [0.1, 0.15) is 24.0 Å². The zero-order valence-electron chi connectivity index (χ0n) is 9.24. The maximum absolute atomic E-state index is 2.45. The molecule has 0 heteroatoms. The Hall–Kier alpha value is -1.56. The fourth-order valence-electron chi connectivity index (χ4n) is 2.94. The van der Waals surface area contributed by atoms with Gasteiger partial charge >= 0.3 is 0 Å². The second kappa shape index (κ2) is 2.98. The van der Waals surface area contributed by atoms with Crippen molar-refractivity contribution < 1.29 is 0 Å². The molecule has 0 aromatic heterocycles. The first-order valence-corrected chi connectivity index (χ1v) is 6.14. The Kier molecular flexibility index (Phi) is 1.59. The second-order valence-corrected chi connectivity index (χ2v) is 4.96. The van der Waals surface area contributed by atoms with Crippen molar-refractivity contribution in [1.29, 1.82) is 0 Å². The lowest BCUT2D eigenvalue weighted by Gasteiger charge is -2.18. The normalized spacial score (nSPS) is 18.6. The lowest BCUT2D eigenvalue weighted by atomic mass is 9.86. The van der Waals surface area contributed by atoms with Crippen molar-refractivity contribution in [1.82, 2.24) is 0 Å². The molecule has 2 aromatic rings. The zero-order chi connectivity index (χ0) is 10.5. The largest absolute Gasteiger partial charge is 0.0760 e. The molecule has 2 aliphatic carbocycles. The van der Waals surface area contributed by atoms with Crippen molar-refractivity contribution in [2.24, 2.45) is 5.92 Å². The van der Waals surface area contributed by atoms with E-state index in [1.807, 2.05) is 0 Å². The molecule has 78 valence electrons. The first-order chi connectivity index (χ1) is 7.93. The fourth-order valence-corrected chi connectivity index (χ4v) is 2.94. The van der Waals surface area contributed by atoms with E-state index in [9.17, 15) is 0 Å². The highest BCUT2D eigenvalue weighted by Crippen LogP contribution is 2.46. The standard InChI is InChI=1S/C16H14/c1-3-12-5-2-6-15-14(11-7-8-11)10-9-13(4-1)16(12)15/h1-6,10-11H,7-9H2. The van der Waals surface area contributed by atoms with E-state index in [-0.39, 0.29) is 0 Å². The second-order valence-electron chi connectivity index (χ2n) is 4.96. The van der Waals surface area contributed by atoms with Gasteiger partial charge in [-0.05, 0) is 52.7 Å². The van der Waals surface area contributed by atoms with Crippen LogP contribution in [0.15, 0.2) is 42.5 Å². The van der Waals surface area contributed by atoms with Gasteiger partial charge in [0.25, 0.3) is 0 Å². The Bertz CT molecular complexity index is 595. The van der Waals surface area contributed by atoms with Gasteiger partial charge in [0.1, 0.15) is 0 Å². The maximum Gasteiger partial charge on any atom is -0.00734 e. The van der Waals surface area contributed by atoms with Crippen molar-refractivity contribution in [3.8, 4) is 0 Å². The summed E-state index contributed by atoms with van der Waals surface area (Å²) in [6, 6.07) is 13.4. The molecule has 0 saturated heterocycles. The van der Waals surface area contributed by atoms with Crippen LogP contribution in [0, 0.1) is 5.92 Å². The summed E-state index contributed by atoms with van der Waals surface area (Å²) < 4.78 is 0. The van der Waals surface area contributed by atoms with E-state index in [1.165, 1.54) is 34.7 Å². The van der Waals surface area contributed by atoms with Gasteiger partial charge in [-0.3, -0.25) is 0 Å². The van der Waals surface area contributed by atoms with Gasteiger partial charge in [0.15, 0.2) is 0 Å². The van der Waals surface area contributed by atoms with Gasteiger partial charge in [-0.25, -0.2) is 0 Å². The lowest BCUT2D eigenvalue weighted by molar-refractivity contribution is 1.11. The smallest absolute Gasteiger partial charge is 0.00734 e. The minimum Gasteiger partial charge on any atom is -0.0760 e. The van der Waals surface area contributed by atoms with Gasteiger partial charge in [0.2, 0.25) is 0 Å². The minimum atomic E-state index is 0.860. The first-order valence-electron chi connectivity index (χ1n) is 6.14. The predicted octanol–water partition coefficient (Wildman–Crippen LogP) is 4.19. The van der Waals surface area contributed by atoms with Gasteiger partial charge in [-0.15, -0.1) is 0 Å². The zero-order valence-corrected chi connectivity index (χ0v) is 9.24. The summed E-state index contributed by atoms with van der Waals surface area (Å²) in [5.74, 6) is 0.860. The number of allylic oxidation sites excluding steroid dienone is 2. The van der Waals surface area contributed by atoms with Gasteiger partial charge in [0.05, 0.1) is 0 Å². The van der Waals surface area contributed by atoms with Crippen molar-refractivity contribution in [2.75, 3.05) is 0 Å². The summed E-state index contributed by atoms with van der Waals surface area (Å²) in [6.45, 7) is 0. The molecule has 2 aromatic carbocycles. The third-order valence-electron chi connectivity index (χ3n) is 3.86. The van der Waals surface area contributed by atoms with E-state index in [0.29, 0.717) is 0 Å². The van der Waals surface area contributed by atoms with Crippen molar-refractivity contribution in [3.05, 3.63) is 53.6 Å². The minimum absolute atomic E-state index is 0.860. The highest BCUT2D eigenvalue weighted by Gasteiger charge is 2.29. The van der Waals surface area contributed by atoms with E-state index >= 15 is 0 Å². The van der Waals surface area contributed by atoms with Crippen LogP contribution < -0.4 is 0 Å². The number of rotatable bonds is 1. The molecule has 0 spiro atoms. The molecule has 2 aliphatic rings. The van der Waals surface area contributed by atoms with Crippen LogP contribution in [-0.4, -0.2) is 0 Å². The maximum atomic E-state index is 2.45. The molecule has 1 saturated carbocycles. The Balaban J connectivity index is 2.07. The van der Waals surface area contributed by atoms with E-state index in [2.05, 4.69) is 42.5 Å². The average Bonchev–Trinajstić information content (AvgIpc) is 3.14. The Morgan fingerprint density at radius 3 is 2.56 bits per heavy atom. The van der Waals surface area contributed by atoms with Crippen molar-refractivity contribution >= 4 is 16.3 Å². The van der Waals surface area contributed by atoms with Crippen LogP contribution in [0.3, 0.4) is 0 Å². The average molecular weight is 206 g/mol. The molecule has 0 bridgehead atoms. The third-order valence-corrected chi connectivity index (χ3v) is 3.86. The summed E-state index contributed by atoms with van der Waals surface area (Å²) >= 11 is 0. The summed E-state index contributed by atoms with van der Waals surface area (Å²) in [7, 11) is 0. The van der Waals surface area contributed by atoms with Gasteiger partial charge in [-0.2, -0.15) is 0 Å². The number of benzene rings is 2. The Morgan fingerprint density at radius 1 is 0.938 bits per heavy atom. The van der Waals surface area contributed by atoms with Crippen LogP contribution in [0.5, 0.6) is 0 Å². The highest BCUT2D eigenvalue weighted by molar-refractivity contribution is 5.98.